The second-order valence-corrected chi connectivity index (χ2v) is 56.3. The van der Waals surface area contributed by atoms with E-state index in [9.17, 15) is 0 Å². The van der Waals surface area contributed by atoms with Gasteiger partial charge in [-0.3, -0.25) is 0 Å². The predicted molar refractivity (Wildman–Crippen MR) is 173 cm³/mol. The first-order valence-corrected chi connectivity index (χ1v) is 31.1. The molecule has 0 aromatic heterocycles. The molecular weight excluding hydrogens is 599 g/mol. The normalized spacial score (nSPS) is 20.3. The topological polar surface area (TPSA) is 0 Å². The summed E-state index contributed by atoms with van der Waals surface area (Å²) in [7, 11) is 16.8. The summed E-state index contributed by atoms with van der Waals surface area (Å²) in [5.74, 6) is 0.415. The molecular formula is C34H49Cl2SiZr. The first kappa shape index (κ1) is 30.6. The Hall–Kier alpha value is -0.400. The molecule has 0 saturated carbocycles. The molecule has 0 bridgehead atoms. The molecule has 0 N–H and O–H groups in total. The molecule has 0 saturated heterocycles. The number of halogens is 2. The molecule has 2 aromatic rings. The Kier molecular flexibility index (Phi) is 8.41. The first-order valence-electron chi connectivity index (χ1n) is 14.8. The molecule has 4 heteroatoms. The second kappa shape index (κ2) is 10.5. The minimum atomic E-state index is -4.59. The molecule has 2 atom stereocenters. The van der Waals surface area contributed by atoms with Crippen LogP contribution in [0.3, 0.4) is 0 Å². The van der Waals surface area contributed by atoms with Crippen LogP contribution < -0.4 is 0 Å². The van der Waals surface area contributed by atoms with E-state index in [1.165, 1.54) is 55.7 Å². The molecule has 4 rings (SSSR count). The Bertz CT molecular complexity index is 1230. The fraction of sp³-hybridized carbons (Fsp3) is 0.529. The van der Waals surface area contributed by atoms with Gasteiger partial charge in [0.1, 0.15) is 0 Å². The van der Waals surface area contributed by atoms with Crippen molar-refractivity contribution in [1.29, 1.82) is 0 Å². The van der Waals surface area contributed by atoms with Crippen LogP contribution in [0.2, 0.25) is 13.1 Å². The number of hydrogen-bond donors (Lipinski definition) is 0. The standard InChI is InChI=1S/2C16H21.C2H7Si.2ClH.Zr/c2*1-10(2)14-7-6-13-8-12(5)9-15(13)16(14)11(3)4;1-3-2;;;/h2*6-11H,1-5H3;3H,1-2H3;2*1H;/q;;;;;+2/p-2. The van der Waals surface area contributed by atoms with Gasteiger partial charge in [0.2, 0.25) is 0 Å². The summed E-state index contributed by atoms with van der Waals surface area (Å²) < 4.78 is 0.346. The molecule has 0 fully saturated rings. The summed E-state index contributed by atoms with van der Waals surface area (Å²) in [6, 6.07) is 9.58. The van der Waals surface area contributed by atoms with Crippen LogP contribution in [0.4, 0.5) is 0 Å². The maximum atomic E-state index is 8.41. The average molecular weight is 648 g/mol. The van der Waals surface area contributed by atoms with E-state index in [0.717, 1.165) is 0 Å². The van der Waals surface area contributed by atoms with Crippen LogP contribution in [-0.2, 0) is 15.6 Å². The molecule has 0 amide bonds. The van der Waals surface area contributed by atoms with Gasteiger partial charge in [0.05, 0.1) is 0 Å². The van der Waals surface area contributed by atoms with Gasteiger partial charge in [0, 0.05) is 0 Å². The predicted octanol–water partition coefficient (Wildman–Crippen LogP) is 11.8. The van der Waals surface area contributed by atoms with E-state index in [1.807, 2.05) is 0 Å². The Labute approximate surface area is 242 Å². The van der Waals surface area contributed by atoms with Gasteiger partial charge >= 0.3 is 244 Å². The van der Waals surface area contributed by atoms with Gasteiger partial charge in [-0.1, -0.05) is 0 Å². The van der Waals surface area contributed by atoms with E-state index in [2.05, 4.69) is 119 Å². The van der Waals surface area contributed by atoms with Crippen molar-refractivity contribution in [3.8, 4) is 0 Å². The maximum absolute atomic E-state index is 8.41. The quantitative estimate of drug-likeness (QED) is 0.262. The Balaban J connectivity index is 2.02. The fourth-order valence-electron chi connectivity index (χ4n) is 7.87. The minimum absolute atomic E-state index is 0.173. The molecule has 0 radical (unpaired) electrons. The van der Waals surface area contributed by atoms with E-state index >= 15 is 0 Å². The van der Waals surface area contributed by atoms with Crippen molar-refractivity contribution in [3.63, 3.8) is 0 Å². The molecule has 0 heterocycles. The molecule has 207 valence electrons. The summed E-state index contributed by atoms with van der Waals surface area (Å²) >= 11 is -4.59. The third-order valence-corrected chi connectivity index (χ3v) is 61.9. The van der Waals surface area contributed by atoms with E-state index in [1.54, 1.807) is 0 Å². The zero-order valence-corrected chi connectivity index (χ0v) is 30.9. The van der Waals surface area contributed by atoms with Crippen LogP contribution in [0.15, 0.2) is 35.4 Å². The summed E-state index contributed by atoms with van der Waals surface area (Å²) in [4.78, 5) is 0. The number of benzene rings is 2. The van der Waals surface area contributed by atoms with Gasteiger partial charge in [0.25, 0.3) is 0 Å². The van der Waals surface area contributed by atoms with E-state index < -0.39 is 21.5 Å². The van der Waals surface area contributed by atoms with Crippen LogP contribution in [0.5, 0.6) is 0 Å². The van der Waals surface area contributed by atoms with Crippen molar-refractivity contribution >= 4 is 35.1 Å². The Morgan fingerprint density at radius 1 is 0.605 bits per heavy atom. The number of hydrogen-bond acceptors (Lipinski definition) is 0. The Morgan fingerprint density at radius 2 is 0.947 bits per heavy atom. The van der Waals surface area contributed by atoms with Gasteiger partial charge in [0.15, 0.2) is 0 Å². The zero-order valence-electron chi connectivity index (χ0n) is 25.8. The molecule has 0 aliphatic heterocycles. The van der Waals surface area contributed by atoms with Gasteiger partial charge in [-0.2, -0.15) is 0 Å². The summed E-state index contributed by atoms with van der Waals surface area (Å²) in [5, 5.41) is 0. The van der Waals surface area contributed by atoms with Gasteiger partial charge in [-0.05, 0) is 0 Å². The van der Waals surface area contributed by atoms with Gasteiger partial charge < -0.3 is 0 Å². The molecule has 0 nitrogen and oxygen atoms in total. The Morgan fingerprint density at radius 3 is 1.21 bits per heavy atom. The van der Waals surface area contributed by atoms with Crippen molar-refractivity contribution < 1.29 is 15.6 Å². The second-order valence-electron chi connectivity index (χ2n) is 13.8. The van der Waals surface area contributed by atoms with Crippen LogP contribution in [0, 0.1) is 0 Å². The third kappa shape index (κ3) is 4.47. The monoisotopic (exact) mass is 645 g/mol. The van der Waals surface area contributed by atoms with Crippen molar-refractivity contribution in [3.05, 3.63) is 79.9 Å². The van der Waals surface area contributed by atoms with E-state index in [-0.39, 0.29) is 7.25 Å². The SMILES string of the molecule is CC1=Cc2c(ccc(C(C)C)c2C(C)C)[CH]1[Zr]([Cl])([Cl])([CH]1C(C)=Cc2c1ccc(C(C)C)c2C(C)C)[SiH](C)C. The molecule has 2 aliphatic carbocycles. The molecule has 0 spiro atoms. The van der Waals surface area contributed by atoms with Crippen LogP contribution >= 0.6 is 17.0 Å². The fourth-order valence-corrected chi connectivity index (χ4v) is 40.8. The molecule has 38 heavy (non-hydrogen) atoms. The first-order chi connectivity index (χ1) is 17.5. The summed E-state index contributed by atoms with van der Waals surface area (Å²) in [6.45, 7) is 28.1. The number of fused-ring (bicyclic) bond motifs is 2. The third-order valence-electron chi connectivity index (χ3n) is 9.59. The van der Waals surface area contributed by atoms with Crippen molar-refractivity contribution in [2.75, 3.05) is 0 Å². The summed E-state index contributed by atoms with van der Waals surface area (Å²) in [5.41, 5.74) is 14.4. The van der Waals surface area contributed by atoms with Gasteiger partial charge in [-0.25, -0.2) is 0 Å². The van der Waals surface area contributed by atoms with Gasteiger partial charge in [-0.15, -0.1) is 0 Å². The van der Waals surface area contributed by atoms with Crippen molar-refractivity contribution in [1.82, 2.24) is 0 Å². The average Bonchev–Trinajstić information content (AvgIpc) is 3.33. The van der Waals surface area contributed by atoms with Crippen LogP contribution in [0.1, 0.15) is 145 Å². The molecule has 2 unspecified atom stereocenters. The van der Waals surface area contributed by atoms with Crippen LogP contribution in [0.25, 0.3) is 12.2 Å². The zero-order chi connectivity index (χ0) is 28.5. The van der Waals surface area contributed by atoms with E-state index in [4.69, 9.17) is 17.0 Å². The molecule has 2 aliphatic rings. The van der Waals surface area contributed by atoms with E-state index in [0.29, 0.717) is 23.7 Å². The number of allylic oxidation sites excluding steroid dienone is 2. The van der Waals surface area contributed by atoms with Crippen molar-refractivity contribution in [2.45, 2.75) is 113 Å². The van der Waals surface area contributed by atoms with Crippen molar-refractivity contribution in [2.24, 2.45) is 0 Å². The molecule has 2 aromatic carbocycles. The number of rotatable bonds is 7. The summed E-state index contributed by atoms with van der Waals surface area (Å²) in [6.07, 6.45) is 4.93. The van der Waals surface area contributed by atoms with Crippen LogP contribution in [-0.4, -0.2) is 5.92 Å².